The smallest absolute Gasteiger partial charge is 0.463 e. The molecule has 3 heterocycles. The Kier molecular flexibility index (Phi) is 3.51. The summed E-state index contributed by atoms with van der Waals surface area (Å²) in [6, 6.07) is 7.56. The van der Waals surface area contributed by atoms with E-state index in [1.165, 1.54) is 0 Å². The van der Waals surface area contributed by atoms with E-state index in [-0.39, 0.29) is 11.2 Å². The van der Waals surface area contributed by atoms with E-state index < -0.39 is 7.12 Å². The third kappa shape index (κ3) is 2.68. The Bertz CT molecular complexity index is 639. The molecule has 0 amide bonds. The average Bonchev–Trinajstić information content (AvgIpc) is 2.96. The van der Waals surface area contributed by atoms with Gasteiger partial charge in [0.1, 0.15) is 10.3 Å². The molecule has 0 unspecified atom stereocenters. The largest absolute Gasteiger partial charge is 0.495 e. The molecule has 2 aromatic rings. The molecule has 1 aliphatic heterocycles. The maximum absolute atomic E-state index is 6.08. The van der Waals surface area contributed by atoms with Crippen molar-refractivity contribution in [2.75, 3.05) is 0 Å². The summed E-state index contributed by atoms with van der Waals surface area (Å²) in [7, 11) is -0.414. The highest BCUT2D eigenvalue weighted by molar-refractivity contribution is 9.10. The first-order chi connectivity index (χ1) is 9.78. The Balaban J connectivity index is 1.97. The molecule has 0 aromatic carbocycles. The Morgan fingerprint density at radius 1 is 1.10 bits per heavy atom. The van der Waals surface area contributed by atoms with Crippen LogP contribution in [0.25, 0.3) is 11.5 Å². The van der Waals surface area contributed by atoms with E-state index >= 15 is 0 Å². The summed E-state index contributed by atoms with van der Waals surface area (Å²) in [6.07, 6.45) is 1.63. The van der Waals surface area contributed by atoms with Crippen LogP contribution >= 0.6 is 15.9 Å². The van der Waals surface area contributed by atoms with Crippen molar-refractivity contribution < 1.29 is 13.7 Å². The molecule has 0 bridgehead atoms. The van der Waals surface area contributed by atoms with Gasteiger partial charge in [0.25, 0.3) is 0 Å². The maximum Gasteiger partial charge on any atom is 0.495 e. The van der Waals surface area contributed by atoms with Crippen LogP contribution in [-0.4, -0.2) is 23.3 Å². The molecule has 1 saturated heterocycles. The zero-order valence-corrected chi connectivity index (χ0v) is 14.1. The third-order valence-corrected chi connectivity index (χ3v) is 4.52. The average molecular weight is 350 g/mol. The van der Waals surface area contributed by atoms with Gasteiger partial charge in [-0.2, -0.15) is 0 Å². The van der Waals surface area contributed by atoms with Crippen LogP contribution in [0.15, 0.2) is 39.5 Å². The summed E-state index contributed by atoms with van der Waals surface area (Å²) in [4.78, 5) is 4.43. The molecule has 4 nitrogen and oxygen atoms in total. The molecular formula is C15H17BBrNO3. The summed E-state index contributed by atoms with van der Waals surface area (Å²) in [5, 5.41) is 0. The van der Waals surface area contributed by atoms with E-state index in [9.17, 15) is 0 Å². The van der Waals surface area contributed by atoms with Gasteiger partial charge in [-0.05, 0) is 73.4 Å². The van der Waals surface area contributed by atoms with E-state index in [4.69, 9.17) is 13.7 Å². The molecule has 0 radical (unpaired) electrons. The maximum atomic E-state index is 6.08. The van der Waals surface area contributed by atoms with Gasteiger partial charge >= 0.3 is 7.12 Å². The van der Waals surface area contributed by atoms with Crippen molar-refractivity contribution in [3.63, 3.8) is 0 Å². The second-order valence-corrected chi connectivity index (χ2v) is 6.99. The van der Waals surface area contributed by atoms with Crippen molar-refractivity contribution in [3.05, 3.63) is 35.1 Å². The molecule has 0 N–H and O–H groups in total. The van der Waals surface area contributed by atoms with Gasteiger partial charge < -0.3 is 13.7 Å². The standard InChI is InChI=1S/C15H17BBrNO3/c1-14(2)15(3,4)21-16(20-14)10-8-11(18-13(17)9-10)12-6-5-7-19-12/h5-9H,1-4H3. The monoisotopic (exact) mass is 349 g/mol. The molecule has 110 valence electrons. The van der Waals surface area contributed by atoms with Crippen molar-refractivity contribution in [1.82, 2.24) is 4.98 Å². The van der Waals surface area contributed by atoms with E-state index in [0.29, 0.717) is 5.76 Å². The lowest BCUT2D eigenvalue weighted by Crippen LogP contribution is -2.41. The highest BCUT2D eigenvalue weighted by Crippen LogP contribution is 2.36. The minimum absolute atomic E-state index is 0.363. The van der Waals surface area contributed by atoms with E-state index in [0.717, 1.165) is 15.8 Å². The predicted molar refractivity (Wildman–Crippen MR) is 85.4 cm³/mol. The fraction of sp³-hybridized carbons (Fsp3) is 0.400. The first-order valence-corrected chi connectivity index (χ1v) is 7.65. The van der Waals surface area contributed by atoms with E-state index in [1.807, 2.05) is 52.0 Å². The van der Waals surface area contributed by atoms with Gasteiger partial charge in [-0.25, -0.2) is 4.98 Å². The minimum Gasteiger partial charge on any atom is -0.463 e. The number of furan rings is 1. The second kappa shape index (κ2) is 4.97. The van der Waals surface area contributed by atoms with Gasteiger partial charge in [0.2, 0.25) is 0 Å². The van der Waals surface area contributed by atoms with Crippen molar-refractivity contribution in [3.8, 4) is 11.5 Å². The Morgan fingerprint density at radius 3 is 2.33 bits per heavy atom. The van der Waals surface area contributed by atoms with Gasteiger partial charge in [0.05, 0.1) is 17.5 Å². The topological polar surface area (TPSA) is 44.5 Å². The van der Waals surface area contributed by atoms with Crippen molar-refractivity contribution in [1.29, 1.82) is 0 Å². The first-order valence-electron chi connectivity index (χ1n) is 6.85. The summed E-state index contributed by atoms with van der Waals surface area (Å²) >= 11 is 3.44. The molecule has 3 rings (SSSR count). The molecular weight excluding hydrogens is 333 g/mol. The van der Waals surface area contributed by atoms with Crippen molar-refractivity contribution in [2.45, 2.75) is 38.9 Å². The fourth-order valence-corrected chi connectivity index (χ4v) is 2.64. The van der Waals surface area contributed by atoms with Crippen molar-refractivity contribution in [2.24, 2.45) is 0 Å². The number of aromatic nitrogens is 1. The van der Waals surface area contributed by atoms with E-state index in [1.54, 1.807) is 6.26 Å². The number of hydrogen-bond donors (Lipinski definition) is 0. The minimum atomic E-state index is -0.414. The van der Waals surface area contributed by atoms with Crippen LogP contribution < -0.4 is 5.46 Å². The molecule has 0 saturated carbocycles. The molecule has 21 heavy (non-hydrogen) atoms. The number of rotatable bonds is 2. The zero-order valence-electron chi connectivity index (χ0n) is 12.5. The predicted octanol–water partition coefficient (Wildman–Crippen LogP) is 3.40. The van der Waals surface area contributed by atoms with E-state index in [2.05, 4.69) is 20.9 Å². The van der Waals surface area contributed by atoms with Crippen LogP contribution in [0.1, 0.15) is 27.7 Å². The van der Waals surface area contributed by atoms with Gasteiger partial charge in [-0.3, -0.25) is 0 Å². The fourth-order valence-electron chi connectivity index (χ4n) is 2.18. The van der Waals surface area contributed by atoms with Gasteiger partial charge in [0.15, 0.2) is 5.76 Å². The lowest BCUT2D eigenvalue weighted by Gasteiger charge is -2.32. The van der Waals surface area contributed by atoms with Gasteiger partial charge in [-0.1, -0.05) is 0 Å². The highest BCUT2D eigenvalue weighted by atomic mass is 79.9. The number of nitrogens with zero attached hydrogens (tertiary/aromatic N) is 1. The summed E-state index contributed by atoms with van der Waals surface area (Å²) in [6.45, 7) is 8.15. The van der Waals surface area contributed by atoms with Crippen LogP contribution in [0.5, 0.6) is 0 Å². The SMILES string of the molecule is CC1(C)OB(c2cc(Br)nc(-c3ccco3)c2)OC1(C)C. The van der Waals surface area contributed by atoms with Crippen LogP contribution in [0.3, 0.4) is 0 Å². The van der Waals surface area contributed by atoms with Crippen LogP contribution in [0, 0.1) is 0 Å². The lowest BCUT2D eigenvalue weighted by atomic mass is 9.79. The van der Waals surface area contributed by atoms with Crippen LogP contribution in [-0.2, 0) is 9.31 Å². The molecule has 1 fully saturated rings. The Hall–Kier alpha value is -1.11. The van der Waals surface area contributed by atoms with Gasteiger partial charge in [0, 0.05) is 0 Å². The molecule has 6 heteroatoms. The van der Waals surface area contributed by atoms with Crippen LogP contribution in [0.4, 0.5) is 0 Å². The normalized spacial score (nSPS) is 20.0. The van der Waals surface area contributed by atoms with Gasteiger partial charge in [-0.15, -0.1) is 0 Å². The number of pyridine rings is 1. The summed E-state index contributed by atoms with van der Waals surface area (Å²) < 4.78 is 18.3. The van der Waals surface area contributed by atoms with Crippen molar-refractivity contribution >= 4 is 28.5 Å². The third-order valence-electron chi connectivity index (χ3n) is 4.12. The molecule has 2 aromatic heterocycles. The molecule has 1 aliphatic rings. The highest BCUT2D eigenvalue weighted by Gasteiger charge is 2.51. The molecule has 0 aliphatic carbocycles. The number of hydrogen-bond acceptors (Lipinski definition) is 4. The Labute approximate surface area is 133 Å². The summed E-state index contributed by atoms with van der Waals surface area (Å²) in [5.74, 6) is 0.717. The lowest BCUT2D eigenvalue weighted by molar-refractivity contribution is 0.00578. The molecule has 0 spiro atoms. The van der Waals surface area contributed by atoms with Crippen LogP contribution in [0.2, 0.25) is 0 Å². The number of halogens is 1. The Morgan fingerprint density at radius 2 is 1.76 bits per heavy atom. The quantitative estimate of drug-likeness (QED) is 0.615. The zero-order chi connectivity index (χ0) is 15.3. The summed E-state index contributed by atoms with van der Waals surface area (Å²) in [5.41, 5.74) is 0.942. The first kappa shape index (κ1) is 14.8. The second-order valence-electron chi connectivity index (χ2n) is 6.17. The molecule has 0 atom stereocenters.